The van der Waals surface area contributed by atoms with Crippen LogP contribution in [0.2, 0.25) is 0 Å². The van der Waals surface area contributed by atoms with E-state index in [1.54, 1.807) is 6.07 Å². The van der Waals surface area contributed by atoms with Crippen molar-refractivity contribution in [3.63, 3.8) is 0 Å². The Kier molecular flexibility index (Phi) is 3.14. The van der Waals surface area contributed by atoms with Crippen molar-refractivity contribution in [3.05, 3.63) is 43.9 Å². The van der Waals surface area contributed by atoms with E-state index < -0.39 is 29.0 Å². The van der Waals surface area contributed by atoms with E-state index in [-0.39, 0.29) is 4.87 Å². The lowest BCUT2D eigenvalue weighted by Gasteiger charge is -2.37. The van der Waals surface area contributed by atoms with Crippen LogP contribution in [0.5, 0.6) is 5.75 Å². The predicted molar refractivity (Wildman–Crippen MR) is 84.4 cm³/mol. The van der Waals surface area contributed by atoms with E-state index in [1.165, 1.54) is 0 Å². The number of benzene rings is 1. The Morgan fingerprint density at radius 1 is 1.35 bits per heavy atom. The van der Waals surface area contributed by atoms with Crippen LogP contribution in [0.25, 0.3) is 0 Å². The van der Waals surface area contributed by atoms with Gasteiger partial charge in [-0.25, -0.2) is 0 Å². The van der Waals surface area contributed by atoms with Crippen LogP contribution in [0.4, 0.5) is 0 Å². The number of ether oxygens (including phenoxy) is 1. The van der Waals surface area contributed by atoms with Crippen molar-refractivity contribution in [3.8, 4) is 5.75 Å². The maximum Gasteiger partial charge on any atom is 0.317 e. The van der Waals surface area contributed by atoms with E-state index in [0.29, 0.717) is 15.7 Å². The third-order valence-corrected chi connectivity index (χ3v) is 6.48. The Labute approximate surface area is 138 Å². The molecule has 0 radical (unpaired) electrons. The van der Waals surface area contributed by atoms with Crippen LogP contribution in [0.15, 0.2) is 28.0 Å². The maximum absolute atomic E-state index is 12.4. The van der Waals surface area contributed by atoms with Crippen molar-refractivity contribution in [1.29, 1.82) is 0 Å². The highest BCUT2D eigenvalue weighted by molar-refractivity contribution is 8.00. The number of hydrogen-bond acceptors (Lipinski definition) is 6. The first kappa shape index (κ1) is 14.5. The van der Waals surface area contributed by atoms with E-state index >= 15 is 0 Å². The van der Waals surface area contributed by atoms with Crippen molar-refractivity contribution < 1.29 is 19.4 Å². The number of aryl methyl sites for hydroxylation is 1. The molecule has 0 saturated carbocycles. The number of H-pyrrole nitrogens is 1. The molecule has 0 aliphatic carbocycles. The number of aliphatic carboxylic acids is 1. The number of esters is 1. The molecule has 2 aliphatic rings. The minimum atomic E-state index is -1.09. The highest BCUT2D eigenvalue weighted by Gasteiger charge is 2.51. The molecule has 0 saturated heterocycles. The third kappa shape index (κ3) is 2.13. The first-order chi connectivity index (χ1) is 11.0. The zero-order valence-electron chi connectivity index (χ0n) is 11.9. The normalized spacial score (nSPS) is 25.1. The quantitative estimate of drug-likeness (QED) is 0.604. The van der Waals surface area contributed by atoms with Crippen molar-refractivity contribution in [2.24, 2.45) is 5.92 Å². The lowest BCUT2D eigenvalue weighted by molar-refractivity contribution is -0.147. The monoisotopic (exact) mass is 349 g/mol. The topological polar surface area (TPSA) is 96.5 Å². The van der Waals surface area contributed by atoms with Gasteiger partial charge >= 0.3 is 16.8 Å². The number of aromatic amines is 1. The maximum atomic E-state index is 12.4. The Morgan fingerprint density at radius 3 is 2.87 bits per heavy atom. The lowest BCUT2D eigenvalue weighted by atomic mass is 9.79. The highest BCUT2D eigenvalue weighted by atomic mass is 32.2. The Morgan fingerprint density at radius 2 is 2.13 bits per heavy atom. The minimum Gasteiger partial charge on any atom is -0.480 e. The second-order valence-electron chi connectivity index (χ2n) is 5.55. The lowest BCUT2D eigenvalue weighted by Crippen LogP contribution is -2.44. The smallest absolute Gasteiger partial charge is 0.317 e. The number of carbonyl (C=O) groups excluding carboxylic acids is 1. The molecule has 4 rings (SSSR count). The number of nitrogens with one attached hydrogen (secondary N) is 1. The van der Waals surface area contributed by atoms with Crippen LogP contribution in [0.1, 0.15) is 21.9 Å². The van der Waals surface area contributed by atoms with E-state index in [0.717, 1.165) is 34.2 Å². The van der Waals surface area contributed by atoms with E-state index in [1.807, 2.05) is 19.1 Å². The van der Waals surface area contributed by atoms with Crippen LogP contribution in [-0.2, 0) is 9.59 Å². The summed E-state index contributed by atoms with van der Waals surface area (Å²) in [4.78, 5) is 39.0. The fraction of sp³-hybridized carbons (Fsp3) is 0.267. The molecule has 0 fully saturated rings. The number of rotatable bonds is 1. The molecular formula is C15H11NO5S2. The molecule has 2 aromatic rings. The molecule has 8 heteroatoms. The summed E-state index contributed by atoms with van der Waals surface area (Å²) in [6, 6.07) is 5.44. The number of thiazole rings is 1. The standard InChI is InChI=1S/C15H11NO5S2/c1-5-2-3-7-6(4-5)8-9(14(19)21-7)11(13(17)18)22-12-10(8)23-15(20)16-12/h2-4,8-9,11H,1H3,(H,16,20)(H,17,18). The van der Waals surface area contributed by atoms with Gasteiger partial charge in [-0.3, -0.25) is 14.4 Å². The van der Waals surface area contributed by atoms with Crippen LogP contribution in [-0.4, -0.2) is 27.3 Å². The van der Waals surface area contributed by atoms with E-state index in [4.69, 9.17) is 4.74 Å². The molecule has 2 N–H and O–H groups in total. The molecule has 23 heavy (non-hydrogen) atoms. The summed E-state index contributed by atoms with van der Waals surface area (Å²) in [5, 5.41) is 9.06. The van der Waals surface area contributed by atoms with Crippen molar-refractivity contribution in [2.45, 2.75) is 23.1 Å². The van der Waals surface area contributed by atoms with Crippen molar-refractivity contribution >= 4 is 35.0 Å². The molecule has 3 unspecified atom stereocenters. The molecule has 3 atom stereocenters. The van der Waals surface area contributed by atoms with Crippen LogP contribution < -0.4 is 9.61 Å². The zero-order valence-corrected chi connectivity index (χ0v) is 13.5. The molecule has 6 nitrogen and oxygen atoms in total. The van der Waals surface area contributed by atoms with Gasteiger partial charge < -0.3 is 14.8 Å². The molecule has 118 valence electrons. The average Bonchev–Trinajstić information content (AvgIpc) is 2.86. The number of carbonyl (C=O) groups is 2. The van der Waals surface area contributed by atoms with Crippen LogP contribution >= 0.6 is 23.1 Å². The summed E-state index contributed by atoms with van der Waals surface area (Å²) in [6.45, 7) is 1.92. The molecular weight excluding hydrogens is 338 g/mol. The number of carboxylic acids is 1. The van der Waals surface area contributed by atoms with Gasteiger partial charge in [0.05, 0.1) is 10.9 Å². The van der Waals surface area contributed by atoms with Gasteiger partial charge in [-0.05, 0) is 13.0 Å². The average molecular weight is 349 g/mol. The molecule has 3 heterocycles. The van der Waals surface area contributed by atoms with Gasteiger partial charge in [0, 0.05) is 16.4 Å². The molecule has 2 aliphatic heterocycles. The predicted octanol–water partition coefficient (Wildman–Crippen LogP) is 1.97. The highest BCUT2D eigenvalue weighted by Crippen LogP contribution is 2.53. The summed E-state index contributed by atoms with van der Waals surface area (Å²) < 4.78 is 5.36. The minimum absolute atomic E-state index is 0.250. The SMILES string of the molecule is Cc1ccc2c(c1)C1c3sc(=O)[nH]c3SC(C(=O)O)C1C(=O)O2. The fourth-order valence-electron chi connectivity index (χ4n) is 3.14. The molecule has 1 aromatic heterocycles. The molecule has 0 bridgehead atoms. The number of thioether (sulfide) groups is 1. The third-order valence-electron chi connectivity index (χ3n) is 4.08. The first-order valence-corrected chi connectivity index (χ1v) is 8.60. The van der Waals surface area contributed by atoms with Gasteiger partial charge in [0.25, 0.3) is 0 Å². The van der Waals surface area contributed by atoms with Gasteiger partial charge in [-0.1, -0.05) is 40.8 Å². The fourth-order valence-corrected chi connectivity index (χ4v) is 5.53. The summed E-state index contributed by atoms with van der Waals surface area (Å²) >= 11 is 2.04. The van der Waals surface area contributed by atoms with Gasteiger partial charge in [0.2, 0.25) is 0 Å². The van der Waals surface area contributed by atoms with E-state index in [9.17, 15) is 19.5 Å². The Balaban J connectivity index is 2.00. The van der Waals surface area contributed by atoms with Gasteiger partial charge in [0.1, 0.15) is 11.0 Å². The first-order valence-electron chi connectivity index (χ1n) is 6.90. The van der Waals surface area contributed by atoms with Gasteiger partial charge in [-0.15, -0.1) is 0 Å². The number of carboxylic acid groups (broad SMARTS) is 1. The van der Waals surface area contributed by atoms with Crippen molar-refractivity contribution in [1.82, 2.24) is 4.98 Å². The van der Waals surface area contributed by atoms with E-state index in [2.05, 4.69) is 4.98 Å². The summed E-state index contributed by atoms with van der Waals surface area (Å²) in [5.74, 6) is -2.52. The summed E-state index contributed by atoms with van der Waals surface area (Å²) in [5.41, 5.74) is 1.74. The molecule has 0 spiro atoms. The van der Waals surface area contributed by atoms with Gasteiger partial charge in [0.15, 0.2) is 0 Å². The largest absolute Gasteiger partial charge is 0.480 e. The summed E-state index contributed by atoms with van der Waals surface area (Å²) in [7, 11) is 0. The second kappa shape index (κ2) is 4.97. The number of aromatic nitrogens is 1. The van der Waals surface area contributed by atoms with Gasteiger partial charge in [-0.2, -0.15) is 0 Å². The Hall–Kier alpha value is -2.06. The molecule has 1 aromatic carbocycles. The van der Waals surface area contributed by atoms with Crippen LogP contribution in [0, 0.1) is 12.8 Å². The zero-order chi connectivity index (χ0) is 16.3. The van der Waals surface area contributed by atoms with Crippen LogP contribution in [0.3, 0.4) is 0 Å². The van der Waals surface area contributed by atoms with Crippen molar-refractivity contribution in [2.75, 3.05) is 0 Å². The summed E-state index contributed by atoms with van der Waals surface area (Å²) in [6.07, 6.45) is 0. The number of hydrogen-bond donors (Lipinski definition) is 2. The molecule has 0 amide bonds. The second-order valence-corrected chi connectivity index (χ2v) is 7.72. The number of fused-ring (bicyclic) bond motifs is 5. The Bertz CT molecular complexity index is 900.